The van der Waals surface area contributed by atoms with Crippen molar-refractivity contribution in [3.8, 4) is 6.07 Å². The fourth-order valence-electron chi connectivity index (χ4n) is 1.37. The van der Waals surface area contributed by atoms with E-state index in [0.717, 1.165) is 6.42 Å². The highest BCUT2D eigenvalue weighted by Crippen LogP contribution is 2.09. The highest BCUT2D eigenvalue weighted by Gasteiger charge is 2.05. The monoisotopic (exact) mass is 245 g/mol. The van der Waals surface area contributed by atoms with Gasteiger partial charge in [-0.05, 0) is 24.6 Å². The van der Waals surface area contributed by atoms with Crippen LogP contribution in [0.1, 0.15) is 25.3 Å². The maximum absolute atomic E-state index is 11.5. The summed E-state index contributed by atoms with van der Waals surface area (Å²) in [6.07, 6.45) is 1.16. The lowest BCUT2D eigenvalue weighted by atomic mass is 10.2. The first kappa shape index (κ1) is 13.7. The number of nitrogens with one attached hydrogen (secondary N) is 2. The summed E-state index contributed by atoms with van der Waals surface area (Å²) >= 11 is 0. The smallest absolute Gasteiger partial charge is 0.243 e. The Labute approximate surface area is 106 Å². The quantitative estimate of drug-likeness (QED) is 0.822. The Bertz CT molecular complexity index is 477. The largest absolute Gasteiger partial charge is 0.347 e. The molecule has 5 nitrogen and oxygen atoms in total. The number of nitrogens with zero attached hydrogens (tertiary/aromatic N) is 1. The first-order chi connectivity index (χ1) is 8.65. The molecular weight excluding hydrogens is 230 g/mol. The summed E-state index contributed by atoms with van der Waals surface area (Å²) in [6, 6.07) is 8.58. The zero-order valence-corrected chi connectivity index (χ0v) is 10.2. The summed E-state index contributed by atoms with van der Waals surface area (Å²) in [5.74, 6) is -0.451. The molecule has 0 saturated carbocycles. The van der Waals surface area contributed by atoms with E-state index in [1.165, 1.54) is 0 Å². The van der Waals surface area contributed by atoms with Crippen LogP contribution in [0.15, 0.2) is 24.3 Å². The van der Waals surface area contributed by atoms with E-state index in [9.17, 15) is 9.59 Å². The average molecular weight is 245 g/mol. The van der Waals surface area contributed by atoms with Gasteiger partial charge in [0.25, 0.3) is 0 Å². The minimum Gasteiger partial charge on any atom is -0.347 e. The van der Waals surface area contributed by atoms with E-state index >= 15 is 0 Å². The van der Waals surface area contributed by atoms with Crippen molar-refractivity contribution in [2.75, 3.05) is 11.9 Å². The van der Waals surface area contributed by atoms with E-state index in [1.54, 1.807) is 24.3 Å². The zero-order chi connectivity index (χ0) is 13.4. The molecule has 1 aromatic carbocycles. The van der Waals surface area contributed by atoms with E-state index in [-0.39, 0.29) is 18.4 Å². The van der Waals surface area contributed by atoms with Crippen molar-refractivity contribution in [2.45, 2.75) is 19.8 Å². The molecule has 2 N–H and O–H groups in total. The van der Waals surface area contributed by atoms with Gasteiger partial charge in [0.2, 0.25) is 11.8 Å². The van der Waals surface area contributed by atoms with Crippen LogP contribution in [0.3, 0.4) is 0 Å². The molecule has 0 radical (unpaired) electrons. The molecule has 0 saturated heterocycles. The highest BCUT2D eigenvalue weighted by atomic mass is 16.2. The number of carbonyl (C=O) groups excluding carboxylic acids is 2. The molecule has 18 heavy (non-hydrogen) atoms. The topological polar surface area (TPSA) is 82.0 Å². The second-order valence-corrected chi connectivity index (χ2v) is 3.77. The molecule has 0 atom stereocenters. The number of rotatable bonds is 5. The molecule has 5 heteroatoms. The Morgan fingerprint density at radius 2 is 2.11 bits per heavy atom. The van der Waals surface area contributed by atoms with Gasteiger partial charge in [0.05, 0.1) is 18.2 Å². The molecule has 0 aliphatic rings. The highest BCUT2D eigenvalue weighted by molar-refractivity contribution is 5.94. The molecule has 0 bridgehead atoms. The maximum Gasteiger partial charge on any atom is 0.243 e. The fraction of sp³-hybridized carbons (Fsp3) is 0.308. The standard InChI is InChI=1S/C13H15N3O2/c1-2-4-12(17)15-9-13(18)16-11-6-3-5-10(7-11)8-14/h3,5-7H,2,4,9H2,1H3,(H,15,17)(H,16,18). The van der Waals surface area contributed by atoms with Crippen molar-refractivity contribution in [3.05, 3.63) is 29.8 Å². The molecule has 2 amide bonds. The Morgan fingerprint density at radius 1 is 1.33 bits per heavy atom. The Morgan fingerprint density at radius 3 is 2.78 bits per heavy atom. The van der Waals surface area contributed by atoms with Crippen molar-refractivity contribution in [2.24, 2.45) is 0 Å². The first-order valence-corrected chi connectivity index (χ1v) is 5.72. The van der Waals surface area contributed by atoms with Crippen molar-refractivity contribution >= 4 is 17.5 Å². The predicted molar refractivity (Wildman–Crippen MR) is 67.7 cm³/mol. The third-order valence-corrected chi connectivity index (χ3v) is 2.20. The predicted octanol–water partition coefficient (Wildman–Crippen LogP) is 1.41. The van der Waals surface area contributed by atoms with Crippen LogP contribution in [0.25, 0.3) is 0 Å². The van der Waals surface area contributed by atoms with Crippen LogP contribution in [-0.2, 0) is 9.59 Å². The summed E-state index contributed by atoms with van der Waals surface area (Å²) in [6.45, 7) is 1.84. The van der Waals surface area contributed by atoms with E-state index in [4.69, 9.17) is 5.26 Å². The summed E-state index contributed by atoms with van der Waals surface area (Å²) in [5.41, 5.74) is 1.02. The molecule has 0 aromatic heterocycles. The molecule has 0 heterocycles. The van der Waals surface area contributed by atoms with Crippen molar-refractivity contribution < 1.29 is 9.59 Å². The molecule has 0 fully saturated rings. The number of amides is 2. The van der Waals surface area contributed by atoms with Gasteiger partial charge in [-0.1, -0.05) is 13.0 Å². The number of nitriles is 1. The van der Waals surface area contributed by atoms with E-state index < -0.39 is 0 Å². The number of carbonyl (C=O) groups is 2. The SMILES string of the molecule is CCCC(=O)NCC(=O)Nc1cccc(C#N)c1. The normalized spacial score (nSPS) is 9.33. The first-order valence-electron chi connectivity index (χ1n) is 5.72. The van der Waals surface area contributed by atoms with Gasteiger partial charge >= 0.3 is 0 Å². The fourth-order valence-corrected chi connectivity index (χ4v) is 1.37. The van der Waals surface area contributed by atoms with Crippen LogP contribution < -0.4 is 10.6 Å². The summed E-state index contributed by atoms with van der Waals surface area (Å²) < 4.78 is 0. The minimum atomic E-state index is -0.311. The molecule has 0 aliphatic heterocycles. The van der Waals surface area contributed by atoms with Gasteiger partial charge in [0, 0.05) is 12.1 Å². The second kappa shape index (κ2) is 7.07. The minimum absolute atomic E-state index is 0.0599. The number of anilines is 1. The van der Waals surface area contributed by atoms with E-state index in [2.05, 4.69) is 10.6 Å². The van der Waals surface area contributed by atoms with Crippen LogP contribution >= 0.6 is 0 Å². The van der Waals surface area contributed by atoms with Crippen LogP contribution in [0.5, 0.6) is 0 Å². The third-order valence-electron chi connectivity index (χ3n) is 2.20. The van der Waals surface area contributed by atoms with Crippen LogP contribution in [0.4, 0.5) is 5.69 Å². The average Bonchev–Trinajstić information content (AvgIpc) is 2.37. The Hall–Kier alpha value is -2.35. The molecule has 1 rings (SSSR count). The van der Waals surface area contributed by atoms with Crippen LogP contribution in [-0.4, -0.2) is 18.4 Å². The molecular formula is C13H15N3O2. The van der Waals surface area contributed by atoms with Gasteiger partial charge in [0.15, 0.2) is 0 Å². The Balaban J connectivity index is 2.45. The van der Waals surface area contributed by atoms with Crippen molar-refractivity contribution in [1.82, 2.24) is 5.32 Å². The van der Waals surface area contributed by atoms with Gasteiger partial charge < -0.3 is 10.6 Å². The second-order valence-electron chi connectivity index (χ2n) is 3.77. The lowest BCUT2D eigenvalue weighted by Gasteiger charge is -2.06. The molecule has 94 valence electrons. The van der Waals surface area contributed by atoms with Crippen molar-refractivity contribution in [3.63, 3.8) is 0 Å². The van der Waals surface area contributed by atoms with Gasteiger partial charge in [-0.3, -0.25) is 9.59 Å². The summed E-state index contributed by atoms with van der Waals surface area (Å²) in [4.78, 5) is 22.7. The van der Waals surface area contributed by atoms with Crippen LogP contribution in [0, 0.1) is 11.3 Å². The third kappa shape index (κ3) is 4.66. The molecule has 0 unspecified atom stereocenters. The summed E-state index contributed by atoms with van der Waals surface area (Å²) in [5, 5.41) is 13.8. The van der Waals surface area contributed by atoms with Gasteiger partial charge in [-0.2, -0.15) is 5.26 Å². The molecule has 0 spiro atoms. The number of hydrogen-bond donors (Lipinski definition) is 2. The van der Waals surface area contributed by atoms with Crippen molar-refractivity contribution in [1.29, 1.82) is 5.26 Å². The molecule has 1 aromatic rings. The lowest BCUT2D eigenvalue weighted by Crippen LogP contribution is -2.32. The zero-order valence-electron chi connectivity index (χ0n) is 10.2. The van der Waals surface area contributed by atoms with Crippen LogP contribution in [0.2, 0.25) is 0 Å². The lowest BCUT2D eigenvalue weighted by molar-refractivity contribution is -0.124. The van der Waals surface area contributed by atoms with E-state index in [0.29, 0.717) is 17.7 Å². The number of hydrogen-bond acceptors (Lipinski definition) is 3. The summed E-state index contributed by atoms with van der Waals surface area (Å²) in [7, 11) is 0. The van der Waals surface area contributed by atoms with Gasteiger partial charge in [-0.25, -0.2) is 0 Å². The number of benzene rings is 1. The van der Waals surface area contributed by atoms with E-state index in [1.807, 2.05) is 13.0 Å². The molecule has 0 aliphatic carbocycles. The Kier molecular flexibility index (Phi) is 5.39. The maximum atomic E-state index is 11.5. The van der Waals surface area contributed by atoms with Gasteiger partial charge in [-0.15, -0.1) is 0 Å². The van der Waals surface area contributed by atoms with Gasteiger partial charge in [0.1, 0.15) is 0 Å².